The molecule has 3 aromatic heterocycles. The van der Waals surface area contributed by atoms with E-state index in [1.54, 1.807) is 0 Å². The van der Waals surface area contributed by atoms with Gasteiger partial charge in [-0.05, 0) is 146 Å². The Balaban J connectivity index is 0.897. The molecule has 0 radical (unpaired) electrons. The molecule has 0 spiro atoms. The first-order chi connectivity index (χ1) is 37.7. The summed E-state index contributed by atoms with van der Waals surface area (Å²) in [6.07, 6.45) is 0. The van der Waals surface area contributed by atoms with E-state index in [0.29, 0.717) is 12.1 Å². The van der Waals surface area contributed by atoms with Gasteiger partial charge in [0.2, 0.25) is 0 Å². The number of aromatic nitrogens is 1. The Labute approximate surface area is 451 Å². The molecule has 0 unspecified atom stereocenters. The zero-order valence-corrected chi connectivity index (χ0v) is 44.4. The zero-order valence-electron chi connectivity index (χ0n) is 45.6. The van der Waals surface area contributed by atoms with E-state index in [9.17, 15) is 0 Å². The van der Waals surface area contributed by atoms with Crippen molar-refractivity contribution in [1.29, 1.82) is 0 Å². The van der Waals surface area contributed by atoms with Crippen molar-refractivity contribution in [2.45, 2.75) is 52.4 Å². The first-order valence-corrected chi connectivity index (χ1v) is 27.2. The third kappa shape index (κ3) is 7.61. The molecule has 3 heterocycles. The van der Waals surface area contributed by atoms with E-state index in [0.717, 1.165) is 56.4 Å². The van der Waals surface area contributed by atoms with Crippen LogP contribution in [0, 0.1) is 0 Å². The highest BCUT2D eigenvalue weighted by Gasteiger charge is 2.24. The summed E-state index contributed by atoms with van der Waals surface area (Å²) >= 11 is 1.87. The lowest BCUT2D eigenvalue weighted by Gasteiger charge is -2.27. The number of para-hydroxylation sites is 1. The van der Waals surface area contributed by atoms with Gasteiger partial charge in [0.05, 0.1) is 19.3 Å². The van der Waals surface area contributed by atoms with Crippen molar-refractivity contribution < 1.29 is 2.74 Å². The van der Waals surface area contributed by atoms with E-state index in [2.05, 4.69) is 232 Å². The molecule has 0 N–H and O–H groups in total. The lowest BCUT2D eigenvalue weighted by molar-refractivity contribution is 0.590. The highest BCUT2D eigenvalue weighted by Crippen LogP contribution is 2.48. The van der Waals surface area contributed by atoms with Crippen LogP contribution in [0.2, 0.25) is 0 Å². The maximum absolute atomic E-state index is 8.02. The lowest BCUT2D eigenvalue weighted by atomic mass is 9.87. The molecule has 0 saturated heterocycles. The van der Waals surface area contributed by atoms with Gasteiger partial charge in [0.25, 0.3) is 0 Å². The minimum absolute atomic E-state index is 0.0324. The van der Waals surface area contributed by atoms with Gasteiger partial charge in [-0.2, -0.15) is 0 Å². The molecule has 0 aliphatic rings. The third-order valence-electron chi connectivity index (χ3n) is 15.7. The summed E-state index contributed by atoms with van der Waals surface area (Å²) in [5, 5.41) is 10.1. The van der Waals surface area contributed by atoms with Crippen LogP contribution in [0.1, 0.15) is 55.4 Å². The fourth-order valence-corrected chi connectivity index (χ4v) is 12.9. The van der Waals surface area contributed by atoms with Crippen LogP contribution >= 0.6 is 11.3 Å². The molecule has 0 bridgehead atoms. The van der Waals surface area contributed by atoms with Crippen LogP contribution in [0.25, 0.3) is 91.3 Å². The highest BCUT2D eigenvalue weighted by atomic mass is 32.1. The van der Waals surface area contributed by atoms with Gasteiger partial charge in [-0.15, -0.1) is 11.3 Å². The average molecular weight is 998 g/mol. The van der Waals surface area contributed by atoms with Crippen LogP contribution in [0.4, 0.5) is 34.1 Å². The summed E-state index contributed by atoms with van der Waals surface area (Å²) < 4.78 is 21.1. The van der Waals surface area contributed by atoms with Gasteiger partial charge in [0.15, 0.2) is 0 Å². The topological polar surface area (TPSA) is 10.9 Å². The molecular weight excluding hydrogens is 939 g/mol. The number of hydrogen-bond donors (Lipinski definition) is 0. The Kier molecular flexibility index (Phi) is 10.0. The quantitative estimate of drug-likeness (QED) is 0.150. The molecule has 76 heavy (non-hydrogen) atoms. The number of nitrogens with zero attached hydrogens (tertiary/aromatic N) is 3. The molecule has 0 amide bonds. The maximum atomic E-state index is 8.02. The second-order valence-electron chi connectivity index (χ2n) is 22.5. The van der Waals surface area contributed by atoms with Crippen molar-refractivity contribution in [1.82, 2.24) is 4.40 Å². The number of fused-ring (bicyclic) bond motifs is 11. The van der Waals surface area contributed by atoms with Crippen LogP contribution in [0.15, 0.2) is 237 Å². The van der Waals surface area contributed by atoms with Crippen LogP contribution in [-0.4, -0.2) is 4.40 Å². The van der Waals surface area contributed by atoms with Crippen molar-refractivity contribution in [3.63, 3.8) is 0 Å². The molecule has 4 heteroatoms. The van der Waals surface area contributed by atoms with Gasteiger partial charge in [0, 0.05) is 75.8 Å². The summed E-state index contributed by atoms with van der Waals surface area (Å²) in [6, 6.07) is 82.6. The van der Waals surface area contributed by atoms with E-state index in [1.807, 2.05) is 59.9 Å². The van der Waals surface area contributed by atoms with Crippen molar-refractivity contribution in [2.24, 2.45) is 0 Å². The summed E-state index contributed by atoms with van der Waals surface area (Å²) in [5.74, 6) is 0. The molecule has 14 rings (SSSR count). The predicted molar refractivity (Wildman–Crippen MR) is 329 cm³/mol. The third-order valence-corrected chi connectivity index (χ3v) is 16.8. The molecule has 366 valence electrons. The van der Waals surface area contributed by atoms with Gasteiger partial charge in [-0.1, -0.05) is 187 Å². The zero-order chi connectivity index (χ0) is 53.2. The Bertz CT molecular complexity index is 4600. The minimum Gasteiger partial charge on any atom is -0.310 e. The SMILES string of the molecule is [2H]c1ccc(-c2ccc(N(c3ccc(C(C)(C)C)cc3)c3ccc4c(c3)sc3ccc5cc6c(cc5c34)c3cccc4c5ccc(N(c7ccc(-c8ccc([2H])cc8)cc7)c7ccc(C(C)(C)C)cc7)cc5n6c43)cc2)cc1. The molecule has 0 saturated carbocycles. The molecule has 0 fully saturated rings. The second-order valence-corrected chi connectivity index (χ2v) is 23.6. The van der Waals surface area contributed by atoms with E-state index in [-0.39, 0.29) is 10.8 Å². The number of hydrogen-bond acceptors (Lipinski definition) is 3. The smallest absolute Gasteiger partial charge is 0.0623 e. The highest BCUT2D eigenvalue weighted by molar-refractivity contribution is 7.26. The summed E-state index contributed by atoms with van der Waals surface area (Å²) in [5.41, 5.74) is 17.3. The van der Waals surface area contributed by atoms with Crippen LogP contribution in [0.5, 0.6) is 0 Å². The monoisotopic (exact) mass is 997 g/mol. The number of thiophene rings is 1. The standard InChI is InChI=1S/C72H57N3S/c1-71(2,3)51-25-33-55(34-26-51)73(53-29-20-48(21-30-53)46-14-9-7-10-15-46)57-37-39-59-60-18-13-19-61-64-45-63-50(42-65(64)75(70(60)61)66(59)43-57)24-41-67-69(63)62-40-38-58(44-68(62)76-67)74(56-35-27-52(28-36-56)72(4,5)6)54-31-22-49(23-32-54)47-16-11-8-12-17-47/h7-45H,1-6H3/i7D,8D. The Morgan fingerprint density at radius 3 is 1.33 bits per heavy atom. The van der Waals surface area contributed by atoms with Gasteiger partial charge in [-0.25, -0.2) is 0 Å². The summed E-state index contributed by atoms with van der Waals surface area (Å²) in [7, 11) is 0. The van der Waals surface area contributed by atoms with Crippen LogP contribution in [0.3, 0.4) is 0 Å². The lowest BCUT2D eigenvalue weighted by Crippen LogP contribution is -2.13. The van der Waals surface area contributed by atoms with E-state index in [1.165, 1.54) is 80.2 Å². The van der Waals surface area contributed by atoms with Crippen molar-refractivity contribution >= 4 is 115 Å². The normalized spacial score (nSPS) is 12.7. The van der Waals surface area contributed by atoms with Gasteiger partial charge in [-0.3, -0.25) is 0 Å². The number of anilines is 6. The maximum Gasteiger partial charge on any atom is 0.0623 e. The van der Waals surface area contributed by atoms with Gasteiger partial charge < -0.3 is 14.2 Å². The predicted octanol–water partition coefficient (Wildman–Crippen LogP) is 21.2. The largest absolute Gasteiger partial charge is 0.310 e. The van der Waals surface area contributed by atoms with E-state index < -0.39 is 0 Å². The van der Waals surface area contributed by atoms with Crippen molar-refractivity contribution in [3.8, 4) is 22.3 Å². The fourth-order valence-electron chi connectivity index (χ4n) is 11.7. The van der Waals surface area contributed by atoms with Crippen molar-refractivity contribution in [3.05, 3.63) is 248 Å². The van der Waals surface area contributed by atoms with E-state index >= 15 is 0 Å². The minimum atomic E-state index is 0.0324. The average Bonchev–Trinajstić information content (AvgIpc) is 3.88. The molecule has 0 aliphatic carbocycles. The first kappa shape index (κ1) is 43.7. The van der Waals surface area contributed by atoms with Crippen LogP contribution in [-0.2, 0) is 10.8 Å². The second kappa shape index (κ2) is 17.4. The Morgan fingerprint density at radius 2 is 0.803 bits per heavy atom. The molecule has 0 aliphatic heterocycles. The van der Waals surface area contributed by atoms with Gasteiger partial charge >= 0.3 is 0 Å². The van der Waals surface area contributed by atoms with Crippen molar-refractivity contribution in [2.75, 3.05) is 9.80 Å². The van der Waals surface area contributed by atoms with E-state index in [4.69, 9.17) is 2.74 Å². The molecule has 0 atom stereocenters. The molecule has 11 aromatic carbocycles. The number of rotatable bonds is 8. The molecular formula is C72H57N3S. The fraction of sp³-hybridized carbons (Fsp3) is 0.111. The van der Waals surface area contributed by atoms with Gasteiger partial charge in [0.1, 0.15) is 0 Å². The Morgan fingerprint density at radius 1 is 0.355 bits per heavy atom. The summed E-state index contributed by atoms with van der Waals surface area (Å²) in [4.78, 5) is 4.76. The summed E-state index contributed by atoms with van der Waals surface area (Å²) in [6.45, 7) is 13.6. The first-order valence-electron chi connectivity index (χ1n) is 27.4. The van der Waals surface area contributed by atoms with Crippen LogP contribution < -0.4 is 9.80 Å². The number of benzene rings is 11. The molecule has 3 nitrogen and oxygen atoms in total. The Hall–Kier alpha value is -8.70. The molecule has 14 aromatic rings.